The maximum Gasteiger partial charge on any atom is 0.295 e. The van der Waals surface area contributed by atoms with Crippen LogP contribution in [0, 0.1) is 12.7 Å². The number of nitrogens with zero attached hydrogens (tertiary/aromatic N) is 2. The fourth-order valence-electron chi connectivity index (χ4n) is 3.67. The van der Waals surface area contributed by atoms with Crippen molar-refractivity contribution in [2.45, 2.75) is 19.5 Å². The highest BCUT2D eigenvalue weighted by atomic mass is 19.1. The van der Waals surface area contributed by atoms with Gasteiger partial charge in [0, 0.05) is 24.5 Å². The number of hydrogen-bond donors (Lipinski definition) is 2. The Morgan fingerprint density at radius 3 is 2.52 bits per heavy atom. The molecule has 0 aliphatic carbocycles. The van der Waals surface area contributed by atoms with Gasteiger partial charge in [-0.1, -0.05) is 24.3 Å². The van der Waals surface area contributed by atoms with E-state index >= 15 is 0 Å². The summed E-state index contributed by atoms with van der Waals surface area (Å²) >= 11 is 0. The highest BCUT2D eigenvalue weighted by Gasteiger charge is 2.46. The molecule has 1 amide bonds. The van der Waals surface area contributed by atoms with Crippen LogP contribution in [-0.4, -0.2) is 31.8 Å². The van der Waals surface area contributed by atoms with Crippen molar-refractivity contribution < 1.29 is 24.2 Å². The van der Waals surface area contributed by atoms with Crippen molar-refractivity contribution in [3.63, 3.8) is 0 Å². The number of aromatic nitrogens is 1. The molecule has 1 fully saturated rings. The van der Waals surface area contributed by atoms with Gasteiger partial charge in [-0.15, -0.1) is 0 Å². The predicted octanol–water partition coefficient (Wildman–Crippen LogP) is 3.86. The normalized spacial score (nSPS) is 17.9. The zero-order chi connectivity index (χ0) is 22.1. The van der Waals surface area contributed by atoms with Crippen LogP contribution in [0.5, 0.6) is 5.75 Å². The first-order valence-electron chi connectivity index (χ1n) is 9.59. The zero-order valence-corrected chi connectivity index (χ0v) is 16.6. The van der Waals surface area contributed by atoms with E-state index in [9.17, 15) is 24.2 Å². The number of phenols is 1. The average Bonchev–Trinajstić information content (AvgIpc) is 3.01. The van der Waals surface area contributed by atoms with E-state index in [-0.39, 0.29) is 23.4 Å². The third-order valence-corrected chi connectivity index (χ3v) is 5.27. The molecular weight excluding hydrogens is 399 g/mol. The van der Waals surface area contributed by atoms with Crippen LogP contribution in [0.15, 0.2) is 72.6 Å². The fourth-order valence-corrected chi connectivity index (χ4v) is 3.67. The Bertz CT molecular complexity index is 1210. The SMILES string of the molecule is Cc1ccc(/C(O)=C2\C(=O)C(=O)N(Cc3ccncc3)C2c2cccc(O)c2)cc1F. The summed E-state index contributed by atoms with van der Waals surface area (Å²) in [6.07, 6.45) is 3.15. The van der Waals surface area contributed by atoms with Gasteiger partial charge in [-0.05, 0) is 53.9 Å². The number of halogens is 1. The van der Waals surface area contributed by atoms with Crippen LogP contribution < -0.4 is 0 Å². The molecule has 1 aliphatic heterocycles. The molecule has 31 heavy (non-hydrogen) atoms. The van der Waals surface area contributed by atoms with Gasteiger partial charge in [-0.25, -0.2) is 4.39 Å². The number of aliphatic hydroxyl groups excluding tert-OH is 1. The molecule has 2 aromatic carbocycles. The summed E-state index contributed by atoms with van der Waals surface area (Å²) in [5, 5.41) is 20.9. The molecule has 0 spiro atoms. The van der Waals surface area contributed by atoms with E-state index in [0.717, 1.165) is 11.6 Å². The molecule has 2 N–H and O–H groups in total. The van der Waals surface area contributed by atoms with Crippen LogP contribution in [0.2, 0.25) is 0 Å². The molecular formula is C24H19FN2O4. The second-order valence-corrected chi connectivity index (χ2v) is 7.34. The molecule has 7 heteroatoms. The highest BCUT2D eigenvalue weighted by molar-refractivity contribution is 6.46. The van der Waals surface area contributed by atoms with Crippen LogP contribution in [0.1, 0.15) is 28.3 Å². The maximum atomic E-state index is 14.1. The average molecular weight is 418 g/mol. The highest BCUT2D eigenvalue weighted by Crippen LogP contribution is 2.41. The Balaban J connectivity index is 1.88. The number of carbonyl (C=O) groups excluding carboxylic acids is 2. The number of likely N-dealkylation sites (tertiary alicyclic amines) is 1. The van der Waals surface area contributed by atoms with Crippen LogP contribution in [0.25, 0.3) is 5.76 Å². The van der Waals surface area contributed by atoms with E-state index in [0.29, 0.717) is 11.1 Å². The van der Waals surface area contributed by atoms with Crippen molar-refractivity contribution >= 4 is 17.4 Å². The number of benzene rings is 2. The van der Waals surface area contributed by atoms with Crippen molar-refractivity contribution in [2.24, 2.45) is 0 Å². The first-order valence-corrected chi connectivity index (χ1v) is 9.59. The lowest BCUT2D eigenvalue weighted by atomic mass is 9.94. The largest absolute Gasteiger partial charge is 0.508 e. The van der Waals surface area contributed by atoms with Gasteiger partial charge in [0.05, 0.1) is 11.6 Å². The molecule has 1 atom stereocenters. The fraction of sp³-hybridized carbons (Fsp3) is 0.125. The molecule has 1 saturated heterocycles. The number of rotatable bonds is 4. The van der Waals surface area contributed by atoms with Gasteiger partial charge in [0.25, 0.3) is 11.7 Å². The standard InChI is InChI=1S/C24H19FN2O4/c1-14-5-6-17(12-19(14)25)22(29)20-21(16-3-2-4-18(28)11-16)27(24(31)23(20)30)13-15-7-9-26-10-8-15/h2-12,21,28-29H,13H2,1H3/b22-20+. The lowest BCUT2D eigenvalue weighted by Gasteiger charge is -2.25. The van der Waals surface area contributed by atoms with E-state index in [1.807, 2.05) is 0 Å². The lowest BCUT2D eigenvalue weighted by molar-refractivity contribution is -0.140. The van der Waals surface area contributed by atoms with Crippen LogP contribution >= 0.6 is 0 Å². The minimum Gasteiger partial charge on any atom is -0.508 e. The van der Waals surface area contributed by atoms with Crippen LogP contribution in [0.3, 0.4) is 0 Å². The number of amides is 1. The van der Waals surface area contributed by atoms with Gasteiger partial charge >= 0.3 is 0 Å². The topological polar surface area (TPSA) is 90.7 Å². The molecule has 156 valence electrons. The second-order valence-electron chi connectivity index (χ2n) is 7.34. The van der Waals surface area contributed by atoms with E-state index in [1.54, 1.807) is 43.6 Å². The predicted molar refractivity (Wildman–Crippen MR) is 111 cm³/mol. The number of aryl methyl sites for hydroxylation is 1. The maximum absolute atomic E-state index is 14.1. The number of phenolic OH excluding ortho intramolecular Hbond substituents is 1. The van der Waals surface area contributed by atoms with Gasteiger partial charge in [-0.3, -0.25) is 14.6 Å². The van der Waals surface area contributed by atoms with Gasteiger partial charge in [0.1, 0.15) is 17.3 Å². The molecule has 3 aromatic rings. The summed E-state index contributed by atoms with van der Waals surface area (Å²) in [7, 11) is 0. The van der Waals surface area contributed by atoms with Crippen molar-refractivity contribution in [3.8, 4) is 5.75 Å². The molecule has 0 saturated carbocycles. The first kappa shape index (κ1) is 20.3. The van der Waals surface area contributed by atoms with Crippen molar-refractivity contribution in [2.75, 3.05) is 0 Å². The number of Topliss-reactive ketones (excluding diaryl/α,β-unsaturated/α-hetero) is 1. The minimum atomic E-state index is -0.954. The third-order valence-electron chi connectivity index (χ3n) is 5.27. The van der Waals surface area contributed by atoms with Crippen molar-refractivity contribution in [3.05, 3.63) is 101 Å². The number of hydrogen-bond acceptors (Lipinski definition) is 5. The molecule has 0 bridgehead atoms. The third kappa shape index (κ3) is 3.77. The molecule has 2 heterocycles. The summed E-state index contributed by atoms with van der Waals surface area (Å²) in [5.41, 5.74) is 1.51. The van der Waals surface area contributed by atoms with Crippen molar-refractivity contribution in [1.29, 1.82) is 0 Å². The van der Waals surface area contributed by atoms with E-state index in [1.165, 1.54) is 29.2 Å². The van der Waals surface area contributed by atoms with Crippen LogP contribution in [0.4, 0.5) is 4.39 Å². The number of aromatic hydroxyl groups is 1. The summed E-state index contributed by atoms with van der Waals surface area (Å²) in [6.45, 7) is 1.67. The number of carbonyl (C=O) groups is 2. The van der Waals surface area contributed by atoms with Crippen molar-refractivity contribution in [1.82, 2.24) is 9.88 Å². The van der Waals surface area contributed by atoms with Crippen LogP contribution in [-0.2, 0) is 16.1 Å². The zero-order valence-electron chi connectivity index (χ0n) is 16.6. The Morgan fingerprint density at radius 1 is 1.10 bits per heavy atom. The summed E-state index contributed by atoms with van der Waals surface area (Å²) in [5.74, 6) is -2.72. The Morgan fingerprint density at radius 2 is 1.84 bits per heavy atom. The summed E-state index contributed by atoms with van der Waals surface area (Å²) in [6, 6.07) is 12.7. The van der Waals surface area contributed by atoms with Gasteiger partial charge in [-0.2, -0.15) is 0 Å². The minimum absolute atomic E-state index is 0.0478. The number of ketones is 1. The lowest BCUT2D eigenvalue weighted by Crippen LogP contribution is -2.29. The number of aliphatic hydroxyl groups is 1. The van der Waals surface area contributed by atoms with Gasteiger partial charge in [0.15, 0.2) is 0 Å². The quantitative estimate of drug-likeness (QED) is 0.382. The van der Waals surface area contributed by atoms with Gasteiger partial charge < -0.3 is 15.1 Å². The Labute approximate surface area is 177 Å². The second kappa shape index (κ2) is 8.02. The Kier molecular flexibility index (Phi) is 5.25. The van der Waals surface area contributed by atoms with E-state index < -0.39 is 29.3 Å². The monoisotopic (exact) mass is 418 g/mol. The summed E-state index contributed by atoms with van der Waals surface area (Å²) < 4.78 is 14.1. The molecule has 6 nitrogen and oxygen atoms in total. The molecule has 1 aromatic heterocycles. The molecule has 4 rings (SSSR count). The number of pyridine rings is 1. The molecule has 0 radical (unpaired) electrons. The van der Waals surface area contributed by atoms with Gasteiger partial charge in [0.2, 0.25) is 0 Å². The Hall–Kier alpha value is -4.00. The van der Waals surface area contributed by atoms with E-state index in [2.05, 4.69) is 4.98 Å². The first-order chi connectivity index (χ1) is 14.9. The van der Waals surface area contributed by atoms with E-state index in [4.69, 9.17) is 0 Å². The summed E-state index contributed by atoms with van der Waals surface area (Å²) in [4.78, 5) is 31.2. The molecule has 1 aliphatic rings. The molecule has 1 unspecified atom stereocenters. The smallest absolute Gasteiger partial charge is 0.295 e.